The Hall–Kier alpha value is -1.26. The highest BCUT2D eigenvalue weighted by molar-refractivity contribution is 5.91. The lowest BCUT2D eigenvalue weighted by molar-refractivity contribution is -0.370. The Balaban J connectivity index is 4.61. The molecule has 0 aliphatic rings. The molecule has 0 aromatic rings. The molecule has 0 spiro atoms. The molecule has 0 aliphatic carbocycles. The second-order valence-electron chi connectivity index (χ2n) is 9.43. The first-order chi connectivity index (χ1) is 17.4. The fourth-order valence-electron chi connectivity index (χ4n) is 3.32. The van der Waals surface area contributed by atoms with Crippen LogP contribution in [-0.2, 0) is 38.6 Å². The Morgan fingerprint density at radius 2 is 1.14 bits per heavy atom. The molecule has 36 heavy (non-hydrogen) atoms. The van der Waals surface area contributed by atoms with E-state index in [0.29, 0.717) is 6.61 Å². The van der Waals surface area contributed by atoms with Crippen molar-refractivity contribution in [3.05, 3.63) is 0 Å². The van der Waals surface area contributed by atoms with Crippen LogP contribution in [0.3, 0.4) is 0 Å². The molecule has 9 nitrogen and oxygen atoms in total. The zero-order chi connectivity index (χ0) is 27.1. The van der Waals surface area contributed by atoms with Crippen LogP contribution >= 0.6 is 0 Å². The van der Waals surface area contributed by atoms with E-state index in [4.69, 9.17) is 29.0 Å². The summed E-state index contributed by atoms with van der Waals surface area (Å²) >= 11 is 0. The van der Waals surface area contributed by atoms with E-state index in [9.17, 15) is 14.7 Å². The summed E-state index contributed by atoms with van der Waals surface area (Å²) in [7, 11) is 0. The number of aliphatic hydroxyl groups is 1. The summed E-state index contributed by atoms with van der Waals surface area (Å²) in [5.74, 6) is -1.36. The third-order valence-corrected chi connectivity index (χ3v) is 6.13. The van der Waals surface area contributed by atoms with E-state index < -0.39 is 30.4 Å². The fraction of sp³-hybridized carbons (Fsp3) is 0.926. The van der Waals surface area contributed by atoms with Gasteiger partial charge in [-0.15, -0.1) is 0 Å². The number of hydrogen-bond donors (Lipinski definition) is 1. The first-order valence-electron chi connectivity index (χ1n) is 13.9. The monoisotopic (exact) mass is 520 g/mol. The van der Waals surface area contributed by atoms with Crippen LogP contribution in [0.2, 0.25) is 0 Å². The highest BCUT2D eigenvalue weighted by Gasteiger charge is 2.35. The summed E-state index contributed by atoms with van der Waals surface area (Å²) < 4.78 is 10.5. The number of carbonyl (C=O) groups excluding carboxylic acids is 2. The number of hydrogen-bond acceptors (Lipinski definition) is 9. The second kappa shape index (κ2) is 22.9. The van der Waals surface area contributed by atoms with E-state index >= 15 is 0 Å². The lowest BCUT2D eigenvalue weighted by Gasteiger charge is -2.30. The topological polar surface area (TPSA) is 110 Å². The molecule has 0 aromatic carbocycles. The maximum Gasteiger partial charge on any atom is 0.317 e. The Bertz CT molecular complexity index is 515. The summed E-state index contributed by atoms with van der Waals surface area (Å²) in [6.45, 7) is 9.62. The van der Waals surface area contributed by atoms with E-state index in [2.05, 4.69) is 6.92 Å². The molecule has 0 aliphatic heterocycles. The van der Waals surface area contributed by atoms with Crippen LogP contribution in [0.4, 0.5) is 0 Å². The Morgan fingerprint density at radius 3 is 1.61 bits per heavy atom. The molecule has 0 radical (unpaired) electrons. The number of esters is 2. The normalized spacial score (nSPS) is 11.9. The highest BCUT2D eigenvalue weighted by atomic mass is 17.2. The van der Waals surface area contributed by atoms with Gasteiger partial charge in [-0.25, -0.2) is 19.6 Å². The maximum atomic E-state index is 12.3. The minimum absolute atomic E-state index is 0.0811. The van der Waals surface area contributed by atoms with E-state index in [-0.39, 0.29) is 32.0 Å². The molecular weight excluding hydrogens is 468 g/mol. The van der Waals surface area contributed by atoms with Gasteiger partial charge >= 0.3 is 11.9 Å². The molecule has 0 saturated carbocycles. The highest BCUT2D eigenvalue weighted by Crippen LogP contribution is 2.21. The average molecular weight is 521 g/mol. The summed E-state index contributed by atoms with van der Waals surface area (Å²) in [5.41, 5.74) is -1.12. The van der Waals surface area contributed by atoms with Gasteiger partial charge in [-0.3, -0.25) is 9.59 Å². The maximum absolute atomic E-state index is 12.3. The summed E-state index contributed by atoms with van der Waals surface area (Å²) in [6, 6.07) is 0. The van der Waals surface area contributed by atoms with Crippen molar-refractivity contribution < 1.29 is 43.7 Å². The smallest absolute Gasteiger partial charge is 0.317 e. The molecule has 214 valence electrons. The number of aliphatic hydroxyl groups excluding tert-OH is 1. The third-order valence-electron chi connectivity index (χ3n) is 6.13. The Morgan fingerprint density at radius 1 is 0.667 bits per heavy atom. The van der Waals surface area contributed by atoms with Crippen LogP contribution in [0, 0.1) is 5.41 Å². The molecule has 0 heterocycles. The van der Waals surface area contributed by atoms with Crippen molar-refractivity contribution in [2.75, 3.05) is 33.0 Å². The second-order valence-corrected chi connectivity index (χ2v) is 9.43. The summed E-state index contributed by atoms with van der Waals surface area (Å²) in [4.78, 5) is 45.8. The zero-order valence-electron chi connectivity index (χ0n) is 23.4. The molecule has 1 N–H and O–H groups in total. The van der Waals surface area contributed by atoms with Gasteiger partial charge in [0.2, 0.25) is 0 Å². The molecule has 0 fully saturated rings. The van der Waals surface area contributed by atoms with Gasteiger partial charge in [-0.05, 0) is 32.1 Å². The Labute approximate surface area is 218 Å². The molecule has 9 heteroatoms. The van der Waals surface area contributed by atoms with Crippen molar-refractivity contribution in [3.8, 4) is 0 Å². The van der Waals surface area contributed by atoms with Crippen molar-refractivity contribution in [1.82, 2.24) is 0 Å². The lowest BCUT2D eigenvalue weighted by Crippen LogP contribution is -2.42. The SMILES string of the molecule is CCCCCCCCCOC(=O)CC(=O)OCC(CO)(COOC(CC)CC)COOC(CC)CC. The quantitative estimate of drug-likeness (QED) is 0.0551. The number of rotatable bonds is 25. The van der Waals surface area contributed by atoms with Crippen LogP contribution in [-0.4, -0.2) is 62.3 Å². The van der Waals surface area contributed by atoms with Crippen molar-refractivity contribution in [1.29, 1.82) is 0 Å². The molecule has 0 aromatic heterocycles. The van der Waals surface area contributed by atoms with Crippen molar-refractivity contribution in [2.24, 2.45) is 5.41 Å². The van der Waals surface area contributed by atoms with E-state index in [1.807, 2.05) is 27.7 Å². The van der Waals surface area contributed by atoms with Crippen LogP contribution in [0.25, 0.3) is 0 Å². The molecule has 0 saturated heterocycles. The van der Waals surface area contributed by atoms with Crippen LogP contribution in [0.15, 0.2) is 0 Å². The summed E-state index contributed by atoms with van der Waals surface area (Å²) in [6.07, 6.45) is 10.2. The predicted octanol–water partition coefficient (Wildman–Crippen LogP) is 5.47. The third kappa shape index (κ3) is 17.2. The minimum atomic E-state index is -1.12. The molecule has 0 unspecified atom stereocenters. The number of ether oxygens (including phenoxy) is 2. The lowest BCUT2D eigenvalue weighted by atomic mass is 9.92. The molecule has 0 atom stereocenters. The van der Waals surface area contributed by atoms with Crippen molar-refractivity contribution >= 4 is 11.9 Å². The average Bonchev–Trinajstić information content (AvgIpc) is 2.89. The van der Waals surface area contributed by atoms with Crippen molar-refractivity contribution in [3.63, 3.8) is 0 Å². The number of carbonyl (C=O) groups is 2. The molecule has 0 bridgehead atoms. The van der Waals surface area contributed by atoms with Crippen LogP contribution in [0.5, 0.6) is 0 Å². The van der Waals surface area contributed by atoms with E-state index in [1.54, 1.807) is 0 Å². The standard InChI is InChI=1S/C27H52O9/c1-6-11-12-13-14-15-16-17-31-25(29)18-26(30)32-20-27(19-28,21-33-35-23(7-2)8-3)22-34-36-24(9-4)10-5/h23-24,28H,6-22H2,1-5H3. The summed E-state index contributed by atoms with van der Waals surface area (Å²) in [5, 5.41) is 10.1. The molecular formula is C27H52O9. The number of unbranched alkanes of at least 4 members (excludes halogenated alkanes) is 6. The van der Waals surface area contributed by atoms with Crippen LogP contribution in [0.1, 0.15) is 112 Å². The molecule has 0 amide bonds. The Kier molecular flexibility index (Phi) is 22.1. The van der Waals surface area contributed by atoms with Gasteiger partial charge in [0, 0.05) is 0 Å². The van der Waals surface area contributed by atoms with Gasteiger partial charge < -0.3 is 14.6 Å². The predicted molar refractivity (Wildman–Crippen MR) is 137 cm³/mol. The largest absolute Gasteiger partial charge is 0.465 e. The first kappa shape index (κ1) is 34.7. The van der Waals surface area contributed by atoms with Crippen molar-refractivity contribution in [2.45, 2.75) is 124 Å². The van der Waals surface area contributed by atoms with E-state index in [0.717, 1.165) is 44.9 Å². The van der Waals surface area contributed by atoms with Gasteiger partial charge in [0.15, 0.2) is 0 Å². The van der Waals surface area contributed by atoms with Gasteiger partial charge in [0.25, 0.3) is 0 Å². The molecule has 0 rings (SSSR count). The zero-order valence-corrected chi connectivity index (χ0v) is 23.4. The van der Waals surface area contributed by atoms with Gasteiger partial charge in [-0.1, -0.05) is 73.1 Å². The fourth-order valence-corrected chi connectivity index (χ4v) is 3.32. The van der Waals surface area contributed by atoms with Gasteiger partial charge in [0.1, 0.15) is 13.0 Å². The van der Waals surface area contributed by atoms with E-state index in [1.165, 1.54) is 25.7 Å². The van der Waals surface area contributed by atoms with Gasteiger partial charge in [-0.2, -0.15) is 0 Å². The van der Waals surface area contributed by atoms with Gasteiger partial charge in [0.05, 0.1) is 44.1 Å². The minimum Gasteiger partial charge on any atom is -0.465 e. The van der Waals surface area contributed by atoms with Crippen LogP contribution < -0.4 is 0 Å². The first-order valence-corrected chi connectivity index (χ1v) is 13.9.